The summed E-state index contributed by atoms with van der Waals surface area (Å²) < 4.78 is 5.69. The van der Waals surface area contributed by atoms with Crippen molar-refractivity contribution in [2.45, 2.75) is 52.2 Å². The van der Waals surface area contributed by atoms with Gasteiger partial charge in [-0.15, -0.1) is 0 Å². The fourth-order valence-corrected chi connectivity index (χ4v) is 2.04. The van der Waals surface area contributed by atoms with Crippen LogP contribution in [0.25, 0.3) is 0 Å². The number of nitrogens with one attached hydrogen (secondary N) is 1. The fraction of sp³-hybridized carbons (Fsp3) is 0.643. The largest absolute Gasteiger partial charge is 0.377 e. The van der Waals surface area contributed by atoms with Gasteiger partial charge in [-0.2, -0.15) is 0 Å². The Labute approximate surface area is 110 Å². The van der Waals surface area contributed by atoms with Crippen LogP contribution in [0.5, 0.6) is 0 Å². The number of nitrogens with two attached hydrogens (primary N) is 1. The van der Waals surface area contributed by atoms with Crippen LogP contribution in [0.2, 0.25) is 0 Å². The van der Waals surface area contributed by atoms with E-state index >= 15 is 0 Å². The van der Waals surface area contributed by atoms with E-state index in [0.717, 1.165) is 25.0 Å². The predicted octanol–water partition coefficient (Wildman–Crippen LogP) is 1.83. The molecule has 0 fully saturated rings. The highest BCUT2D eigenvalue weighted by Gasteiger charge is 2.19. The number of rotatable bonds is 8. The summed E-state index contributed by atoms with van der Waals surface area (Å²) in [6.07, 6.45) is 4.81. The Morgan fingerprint density at radius 1 is 1.33 bits per heavy atom. The molecule has 1 rings (SSSR count). The van der Waals surface area contributed by atoms with Gasteiger partial charge < -0.3 is 4.74 Å². The SMILES string of the molecule is CCOC(CC)C(Cc1ccc(CC)cn1)NN. The molecule has 0 radical (unpaired) electrons. The van der Waals surface area contributed by atoms with Crippen LogP contribution in [0.3, 0.4) is 0 Å². The minimum Gasteiger partial charge on any atom is -0.377 e. The van der Waals surface area contributed by atoms with E-state index in [4.69, 9.17) is 10.6 Å². The summed E-state index contributed by atoms with van der Waals surface area (Å²) in [5.41, 5.74) is 5.16. The van der Waals surface area contributed by atoms with Crippen LogP contribution in [-0.2, 0) is 17.6 Å². The van der Waals surface area contributed by atoms with E-state index in [1.807, 2.05) is 13.1 Å². The van der Waals surface area contributed by atoms with E-state index in [9.17, 15) is 0 Å². The summed E-state index contributed by atoms with van der Waals surface area (Å²) in [5, 5.41) is 0. The average Bonchev–Trinajstić information content (AvgIpc) is 2.43. The molecule has 1 heterocycles. The summed E-state index contributed by atoms with van der Waals surface area (Å²) in [7, 11) is 0. The van der Waals surface area contributed by atoms with Gasteiger partial charge in [-0.05, 0) is 31.4 Å². The molecule has 0 bridgehead atoms. The Morgan fingerprint density at radius 3 is 2.56 bits per heavy atom. The van der Waals surface area contributed by atoms with Gasteiger partial charge in [0, 0.05) is 24.9 Å². The van der Waals surface area contributed by atoms with Gasteiger partial charge in [0.1, 0.15) is 0 Å². The Bertz CT molecular complexity index is 326. The van der Waals surface area contributed by atoms with Crippen LogP contribution >= 0.6 is 0 Å². The van der Waals surface area contributed by atoms with E-state index < -0.39 is 0 Å². The third-order valence-corrected chi connectivity index (χ3v) is 3.17. The first kappa shape index (κ1) is 15.1. The van der Waals surface area contributed by atoms with Gasteiger partial charge >= 0.3 is 0 Å². The van der Waals surface area contributed by atoms with Crippen molar-refractivity contribution in [1.29, 1.82) is 0 Å². The first-order chi connectivity index (χ1) is 8.74. The number of pyridine rings is 1. The molecule has 4 heteroatoms. The lowest BCUT2D eigenvalue weighted by atomic mass is 10.0. The number of aryl methyl sites for hydroxylation is 1. The lowest BCUT2D eigenvalue weighted by Crippen LogP contribution is -2.46. The molecule has 0 saturated heterocycles. The highest BCUT2D eigenvalue weighted by Crippen LogP contribution is 2.10. The number of aromatic nitrogens is 1. The molecule has 1 aromatic rings. The minimum absolute atomic E-state index is 0.106. The third kappa shape index (κ3) is 4.37. The number of hydrogen-bond acceptors (Lipinski definition) is 4. The van der Waals surface area contributed by atoms with Crippen molar-refractivity contribution in [2.24, 2.45) is 5.84 Å². The zero-order valence-corrected chi connectivity index (χ0v) is 11.6. The van der Waals surface area contributed by atoms with Gasteiger partial charge in [0.15, 0.2) is 0 Å². The summed E-state index contributed by atoms with van der Waals surface area (Å²) in [4.78, 5) is 4.46. The van der Waals surface area contributed by atoms with Crippen molar-refractivity contribution in [2.75, 3.05) is 6.61 Å². The molecule has 0 saturated carbocycles. The van der Waals surface area contributed by atoms with E-state index in [2.05, 4.69) is 36.4 Å². The molecule has 0 aliphatic heterocycles. The maximum Gasteiger partial charge on any atom is 0.0742 e. The Morgan fingerprint density at radius 2 is 2.11 bits per heavy atom. The number of hydrogen-bond donors (Lipinski definition) is 2. The Kier molecular flexibility index (Phi) is 6.86. The molecule has 18 heavy (non-hydrogen) atoms. The summed E-state index contributed by atoms with van der Waals surface area (Å²) in [6, 6.07) is 4.30. The Balaban J connectivity index is 2.65. The number of hydrazine groups is 1. The van der Waals surface area contributed by atoms with Gasteiger partial charge in [0.05, 0.1) is 12.1 Å². The van der Waals surface area contributed by atoms with E-state index in [0.29, 0.717) is 6.61 Å². The fourth-order valence-electron chi connectivity index (χ4n) is 2.04. The Hall–Kier alpha value is -0.970. The third-order valence-electron chi connectivity index (χ3n) is 3.17. The van der Waals surface area contributed by atoms with Crippen LogP contribution in [0.4, 0.5) is 0 Å². The maximum absolute atomic E-state index is 5.69. The van der Waals surface area contributed by atoms with E-state index in [-0.39, 0.29) is 12.1 Å². The van der Waals surface area contributed by atoms with Gasteiger partial charge in [0.25, 0.3) is 0 Å². The molecule has 0 aliphatic rings. The van der Waals surface area contributed by atoms with E-state index in [1.165, 1.54) is 5.56 Å². The predicted molar refractivity (Wildman–Crippen MR) is 74.1 cm³/mol. The van der Waals surface area contributed by atoms with Crippen LogP contribution in [0.15, 0.2) is 18.3 Å². The molecule has 0 spiro atoms. The molecule has 2 unspecified atom stereocenters. The average molecular weight is 251 g/mol. The molecule has 0 aliphatic carbocycles. The molecule has 0 aromatic carbocycles. The molecule has 0 amide bonds. The minimum atomic E-state index is 0.106. The second-order valence-electron chi connectivity index (χ2n) is 4.39. The number of ether oxygens (including phenoxy) is 1. The van der Waals surface area contributed by atoms with Crippen molar-refractivity contribution in [3.8, 4) is 0 Å². The lowest BCUT2D eigenvalue weighted by molar-refractivity contribution is 0.0317. The van der Waals surface area contributed by atoms with Crippen molar-refractivity contribution in [3.05, 3.63) is 29.6 Å². The van der Waals surface area contributed by atoms with Crippen LogP contribution in [0.1, 0.15) is 38.4 Å². The highest BCUT2D eigenvalue weighted by molar-refractivity contribution is 5.14. The lowest BCUT2D eigenvalue weighted by Gasteiger charge is -2.25. The van der Waals surface area contributed by atoms with Crippen molar-refractivity contribution in [1.82, 2.24) is 10.4 Å². The molecule has 1 aromatic heterocycles. The summed E-state index contributed by atoms with van der Waals surface area (Å²) >= 11 is 0. The second kappa shape index (κ2) is 8.19. The second-order valence-corrected chi connectivity index (χ2v) is 4.39. The van der Waals surface area contributed by atoms with E-state index in [1.54, 1.807) is 0 Å². The zero-order valence-electron chi connectivity index (χ0n) is 11.6. The van der Waals surface area contributed by atoms with Crippen LogP contribution in [-0.4, -0.2) is 23.7 Å². The van der Waals surface area contributed by atoms with Crippen LogP contribution in [0, 0.1) is 0 Å². The van der Waals surface area contributed by atoms with Gasteiger partial charge in [-0.1, -0.05) is 19.9 Å². The maximum atomic E-state index is 5.69. The highest BCUT2D eigenvalue weighted by atomic mass is 16.5. The molecule has 2 atom stereocenters. The molecule has 3 N–H and O–H groups in total. The first-order valence-electron chi connectivity index (χ1n) is 6.76. The van der Waals surface area contributed by atoms with Crippen molar-refractivity contribution in [3.63, 3.8) is 0 Å². The van der Waals surface area contributed by atoms with Crippen molar-refractivity contribution < 1.29 is 4.74 Å². The summed E-state index contributed by atoms with van der Waals surface area (Å²) in [6.45, 7) is 6.95. The van der Waals surface area contributed by atoms with Gasteiger partial charge in [0.2, 0.25) is 0 Å². The summed E-state index contributed by atoms with van der Waals surface area (Å²) in [5.74, 6) is 5.63. The topological polar surface area (TPSA) is 60.2 Å². The molecular formula is C14H25N3O. The standard InChI is InChI=1S/C14H25N3O/c1-4-11-7-8-12(16-10-11)9-13(17-15)14(5-2)18-6-3/h7-8,10,13-14,17H,4-6,9,15H2,1-3H3. The normalized spacial score (nSPS) is 14.4. The molecular weight excluding hydrogens is 226 g/mol. The van der Waals surface area contributed by atoms with Crippen molar-refractivity contribution >= 4 is 0 Å². The van der Waals surface area contributed by atoms with Gasteiger partial charge in [-0.3, -0.25) is 16.3 Å². The molecule has 102 valence electrons. The first-order valence-corrected chi connectivity index (χ1v) is 6.76. The number of nitrogens with zero attached hydrogens (tertiary/aromatic N) is 1. The zero-order chi connectivity index (χ0) is 13.4. The quantitative estimate of drug-likeness (QED) is 0.546. The van der Waals surface area contributed by atoms with Crippen LogP contribution < -0.4 is 11.3 Å². The smallest absolute Gasteiger partial charge is 0.0742 e. The van der Waals surface area contributed by atoms with Gasteiger partial charge in [-0.25, -0.2) is 0 Å². The molecule has 4 nitrogen and oxygen atoms in total. The monoisotopic (exact) mass is 251 g/mol.